The third kappa shape index (κ3) is 2.01. The lowest BCUT2D eigenvalue weighted by atomic mass is 10.0. The van der Waals surface area contributed by atoms with E-state index in [4.69, 9.17) is 0 Å². The van der Waals surface area contributed by atoms with Crippen LogP contribution in [0.4, 0.5) is 13.2 Å². The van der Waals surface area contributed by atoms with Gasteiger partial charge in [-0.05, 0) is 37.3 Å². The topological polar surface area (TPSA) is 0 Å². The molecule has 1 aliphatic carbocycles. The van der Waals surface area contributed by atoms with Crippen molar-refractivity contribution in [1.82, 2.24) is 0 Å². The minimum Gasteiger partial charge on any atom is -0.171 e. The summed E-state index contributed by atoms with van der Waals surface area (Å²) in [7, 11) is 0. The summed E-state index contributed by atoms with van der Waals surface area (Å²) in [5, 5.41) is 0. The van der Waals surface area contributed by atoms with Gasteiger partial charge in [0.25, 0.3) is 0 Å². The van der Waals surface area contributed by atoms with Crippen LogP contribution in [0, 0.1) is 19.8 Å². The van der Waals surface area contributed by atoms with Gasteiger partial charge in [-0.15, -0.1) is 0 Å². The highest BCUT2D eigenvalue weighted by atomic mass is 19.4. The Morgan fingerprint density at radius 3 is 2.33 bits per heavy atom. The number of benzene rings is 1. The summed E-state index contributed by atoms with van der Waals surface area (Å²) in [6.07, 6.45) is -3.77. The van der Waals surface area contributed by atoms with E-state index >= 15 is 0 Å². The van der Waals surface area contributed by atoms with E-state index in [0.29, 0.717) is 0 Å². The van der Waals surface area contributed by atoms with Crippen molar-refractivity contribution >= 4 is 0 Å². The van der Waals surface area contributed by atoms with Gasteiger partial charge in [0, 0.05) is 0 Å². The molecule has 0 N–H and O–H groups in total. The molecule has 15 heavy (non-hydrogen) atoms. The van der Waals surface area contributed by atoms with E-state index in [1.165, 1.54) is 0 Å². The first-order valence-electron chi connectivity index (χ1n) is 5.03. The lowest BCUT2D eigenvalue weighted by molar-refractivity contribution is -0.148. The summed E-state index contributed by atoms with van der Waals surface area (Å²) >= 11 is 0. The van der Waals surface area contributed by atoms with Crippen LogP contribution < -0.4 is 0 Å². The third-order valence-electron chi connectivity index (χ3n) is 3.04. The van der Waals surface area contributed by atoms with Crippen molar-refractivity contribution in [2.24, 2.45) is 5.92 Å². The highest BCUT2D eigenvalue weighted by Gasteiger charge is 2.56. The van der Waals surface area contributed by atoms with E-state index < -0.39 is 12.1 Å². The zero-order valence-corrected chi connectivity index (χ0v) is 8.73. The smallest absolute Gasteiger partial charge is 0.171 e. The fraction of sp³-hybridized carbons (Fsp3) is 0.500. The van der Waals surface area contributed by atoms with Crippen LogP contribution in [0.2, 0.25) is 0 Å². The molecule has 0 heterocycles. The Morgan fingerprint density at radius 1 is 1.20 bits per heavy atom. The van der Waals surface area contributed by atoms with E-state index in [1.54, 1.807) is 0 Å². The van der Waals surface area contributed by atoms with Gasteiger partial charge in [-0.1, -0.05) is 23.8 Å². The number of hydrogen-bond donors (Lipinski definition) is 0. The van der Waals surface area contributed by atoms with Crippen LogP contribution in [0.25, 0.3) is 0 Å². The molecule has 0 radical (unpaired) electrons. The molecule has 2 unspecified atom stereocenters. The molecule has 0 nitrogen and oxygen atoms in total. The molecule has 2 atom stereocenters. The first-order valence-corrected chi connectivity index (χ1v) is 5.03. The summed E-state index contributed by atoms with van der Waals surface area (Å²) < 4.78 is 37.2. The number of aryl methyl sites for hydroxylation is 2. The molecule has 1 fully saturated rings. The average Bonchev–Trinajstić information content (AvgIpc) is 2.82. The molecular weight excluding hydrogens is 201 g/mol. The van der Waals surface area contributed by atoms with Crippen LogP contribution in [-0.2, 0) is 0 Å². The minimum absolute atomic E-state index is 0.257. The Labute approximate surface area is 87.1 Å². The molecule has 1 aromatic carbocycles. The SMILES string of the molecule is Cc1ccc(C2CC2C(F)(F)F)c(C)c1. The standard InChI is InChI=1S/C12H13F3/c1-7-3-4-9(8(2)5-7)10-6-11(10)12(13,14)15/h3-5,10-11H,6H2,1-2H3. The largest absolute Gasteiger partial charge is 0.392 e. The average molecular weight is 214 g/mol. The first kappa shape index (κ1) is 10.5. The molecule has 1 aliphatic rings. The van der Waals surface area contributed by atoms with Crippen molar-refractivity contribution in [1.29, 1.82) is 0 Å². The van der Waals surface area contributed by atoms with Crippen LogP contribution in [0.5, 0.6) is 0 Å². The summed E-state index contributed by atoms with van der Waals surface area (Å²) in [5.41, 5.74) is 2.94. The molecule has 0 spiro atoms. The van der Waals surface area contributed by atoms with Crippen LogP contribution in [-0.4, -0.2) is 6.18 Å². The van der Waals surface area contributed by atoms with Crippen molar-refractivity contribution in [3.8, 4) is 0 Å². The predicted molar refractivity (Wildman–Crippen MR) is 52.8 cm³/mol. The summed E-state index contributed by atoms with van der Waals surface area (Å²) in [4.78, 5) is 0. The minimum atomic E-state index is -4.03. The van der Waals surface area contributed by atoms with Crippen LogP contribution >= 0.6 is 0 Å². The molecule has 0 bridgehead atoms. The first-order chi connectivity index (χ1) is 6.89. The zero-order valence-electron chi connectivity index (χ0n) is 8.73. The van der Waals surface area contributed by atoms with Crippen molar-refractivity contribution in [2.75, 3.05) is 0 Å². The highest BCUT2D eigenvalue weighted by molar-refractivity contribution is 5.36. The number of rotatable bonds is 1. The van der Waals surface area contributed by atoms with Crippen LogP contribution in [0.3, 0.4) is 0 Å². The summed E-state index contributed by atoms with van der Waals surface area (Å²) in [6.45, 7) is 3.83. The van der Waals surface area contributed by atoms with Gasteiger partial charge in [-0.2, -0.15) is 13.2 Å². The Bertz CT molecular complexity index is 379. The molecule has 0 aromatic heterocycles. The van der Waals surface area contributed by atoms with Crippen LogP contribution in [0.15, 0.2) is 18.2 Å². The Kier molecular flexibility index (Phi) is 2.28. The van der Waals surface area contributed by atoms with Gasteiger partial charge in [0.15, 0.2) is 0 Å². The van der Waals surface area contributed by atoms with Gasteiger partial charge in [-0.25, -0.2) is 0 Å². The van der Waals surface area contributed by atoms with Gasteiger partial charge >= 0.3 is 6.18 Å². The maximum atomic E-state index is 12.4. The Balaban J connectivity index is 2.20. The normalized spacial score (nSPS) is 25.4. The maximum absolute atomic E-state index is 12.4. The van der Waals surface area contributed by atoms with Crippen molar-refractivity contribution in [3.05, 3.63) is 34.9 Å². The van der Waals surface area contributed by atoms with E-state index in [-0.39, 0.29) is 12.3 Å². The van der Waals surface area contributed by atoms with E-state index in [0.717, 1.165) is 16.7 Å². The van der Waals surface area contributed by atoms with Crippen molar-refractivity contribution in [3.63, 3.8) is 0 Å². The lowest BCUT2D eigenvalue weighted by Crippen LogP contribution is -2.11. The van der Waals surface area contributed by atoms with Gasteiger partial charge < -0.3 is 0 Å². The second-order valence-electron chi connectivity index (χ2n) is 4.35. The van der Waals surface area contributed by atoms with Crippen molar-refractivity contribution in [2.45, 2.75) is 32.4 Å². The quantitative estimate of drug-likeness (QED) is 0.663. The monoisotopic (exact) mass is 214 g/mol. The van der Waals surface area contributed by atoms with Gasteiger partial charge in [0.05, 0.1) is 5.92 Å². The maximum Gasteiger partial charge on any atom is 0.392 e. The fourth-order valence-electron chi connectivity index (χ4n) is 2.14. The van der Waals surface area contributed by atoms with Gasteiger partial charge in [0.2, 0.25) is 0 Å². The second kappa shape index (κ2) is 3.26. The molecule has 1 saturated carbocycles. The van der Waals surface area contributed by atoms with Crippen LogP contribution in [0.1, 0.15) is 29.0 Å². The van der Waals surface area contributed by atoms with Crippen molar-refractivity contribution < 1.29 is 13.2 Å². The molecular formula is C12H13F3. The van der Waals surface area contributed by atoms with Gasteiger partial charge in [-0.3, -0.25) is 0 Å². The summed E-state index contributed by atoms with van der Waals surface area (Å²) in [6, 6.07) is 5.66. The van der Waals surface area contributed by atoms with E-state index in [2.05, 4.69) is 0 Å². The third-order valence-corrected chi connectivity index (χ3v) is 3.04. The molecule has 1 aromatic rings. The molecule has 2 rings (SSSR count). The Hall–Kier alpha value is -0.990. The number of hydrogen-bond acceptors (Lipinski definition) is 0. The number of alkyl halides is 3. The lowest BCUT2D eigenvalue weighted by Gasteiger charge is -2.08. The number of halogens is 3. The predicted octanol–water partition coefficient (Wildman–Crippen LogP) is 3.97. The van der Waals surface area contributed by atoms with E-state index in [9.17, 15) is 13.2 Å². The molecule has 0 aliphatic heterocycles. The zero-order chi connectivity index (χ0) is 11.2. The second-order valence-corrected chi connectivity index (χ2v) is 4.35. The van der Waals surface area contributed by atoms with Gasteiger partial charge in [0.1, 0.15) is 0 Å². The fourth-order valence-corrected chi connectivity index (χ4v) is 2.14. The molecule has 0 saturated heterocycles. The Morgan fingerprint density at radius 2 is 1.87 bits per heavy atom. The van der Waals surface area contributed by atoms with E-state index in [1.807, 2.05) is 32.0 Å². The molecule has 3 heteroatoms. The summed E-state index contributed by atoms with van der Waals surface area (Å²) in [5.74, 6) is -1.41. The molecule has 0 amide bonds. The molecule has 82 valence electrons. The highest BCUT2D eigenvalue weighted by Crippen LogP contribution is 2.56.